The molecule has 60 heavy (non-hydrogen) atoms. The van der Waals surface area contributed by atoms with Gasteiger partial charge < -0.3 is 36.1 Å². The number of carbonyl (C=O) groups is 7. The Hall–Kier alpha value is -7.29. The van der Waals surface area contributed by atoms with Crippen LogP contribution in [-0.2, 0) is 30.5 Å². The smallest absolute Gasteiger partial charge is 0.273 e. The number of para-hydroxylation sites is 1. The summed E-state index contributed by atoms with van der Waals surface area (Å²) in [5, 5.41) is 29.2. The van der Waals surface area contributed by atoms with Gasteiger partial charge in [0.05, 0.1) is 54.9 Å². The van der Waals surface area contributed by atoms with E-state index in [0.717, 1.165) is 17.7 Å². The van der Waals surface area contributed by atoms with Gasteiger partial charge in [-0.1, -0.05) is 12.1 Å². The largest absolute Gasteiger partial charge is 0.494 e. The van der Waals surface area contributed by atoms with Gasteiger partial charge in [0.15, 0.2) is 23.1 Å². The van der Waals surface area contributed by atoms with Gasteiger partial charge in [-0.25, -0.2) is 4.98 Å². The van der Waals surface area contributed by atoms with Crippen LogP contribution in [0.1, 0.15) is 63.3 Å². The summed E-state index contributed by atoms with van der Waals surface area (Å²) in [5.74, 6) is -2.33. The number of nitrogens with one attached hydrogen (secondary N) is 6. The Morgan fingerprint density at radius 2 is 1.70 bits per heavy atom. The molecule has 0 bridgehead atoms. The Labute approximate surface area is 342 Å². The molecular formula is C39H42N12O9. The fraction of sp³-hybridized carbons (Fsp3) is 0.359. The summed E-state index contributed by atoms with van der Waals surface area (Å²) < 4.78 is 12.9. The summed E-state index contributed by atoms with van der Waals surface area (Å²) in [6, 6.07) is 10.5. The lowest BCUT2D eigenvalue weighted by molar-refractivity contribution is -0.136. The maximum atomic E-state index is 13.3. The minimum atomic E-state index is -1.06. The van der Waals surface area contributed by atoms with Crippen molar-refractivity contribution in [1.29, 1.82) is 0 Å². The fourth-order valence-corrected chi connectivity index (χ4v) is 6.70. The first-order valence-corrected chi connectivity index (χ1v) is 19.2. The van der Waals surface area contributed by atoms with E-state index in [1.807, 2.05) is 0 Å². The number of rotatable bonds is 18. The molecule has 1 saturated heterocycles. The number of ether oxygens (including phenoxy) is 2. The molecule has 2 aliphatic heterocycles. The van der Waals surface area contributed by atoms with Crippen LogP contribution in [0.15, 0.2) is 48.8 Å². The number of nitrogens with zero attached hydrogens (tertiary/aromatic N) is 6. The molecule has 0 radical (unpaired) electrons. The van der Waals surface area contributed by atoms with Crippen LogP contribution in [0.3, 0.4) is 0 Å². The van der Waals surface area contributed by atoms with Gasteiger partial charge in [0.1, 0.15) is 12.4 Å². The number of amides is 7. The summed E-state index contributed by atoms with van der Waals surface area (Å²) in [5.41, 5.74) is 2.05. The van der Waals surface area contributed by atoms with Crippen molar-refractivity contribution in [2.75, 3.05) is 56.4 Å². The quantitative estimate of drug-likeness (QED) is 0.0609. The average Bonchev–Trinajstić information content (AvgIpc) is 3.94. The van der Waals surface area contributed by atoms with E-state index in [-0.39, 0.29) is 91.6 Å². The van der Waals surface area contributed by atoms with Gasteiger partial charge in [0, 0.05) is 50.7 Å². The zero-order valence-electron chi connectivity index (χ0n) is 32.7. The second-order valence-electron chi connectivity index (χ2n) is 14.0. The molecule has 3 aliphatic rings. The van der Waals surface area contributed by atoms with Crippen LogP contribution >= 0.6 is 0 Å². The van der Waals surface area contributed by atoms with Crippen molar-refractivity contribution in [3.8, 4) is 17.1 Å². The van der Waals surface area contributed by atoms with Gasteiger partial charge in [-0.3, -0.25) is 48.5 Å². The van der Waals surface area contributed by atoms with E-state index < -0.39 is 35.6 Å². The first-order valence-electron chi connectivity index (χ1n) is 19.2. The summed E-state index contributed by atoms with van der Waals surface area (Å²) in [7, 11) is 2.96. The minimum absolute atomic E-state index is 0.00873. The molecule has 4 heterocycles. The lowest BCUT2D eigenvalue weighted by Crippen LogP contribution is -2.54. The molecule has 1 atom stereocenters. The number of aromatic nitrogens is 5. The molecule has 0 spiro atoms. The number of carbonyl (C=O) groups excluding carboxylic acids is 7. The summed E-state index contributed by atoms with van der Waals surface area (Å²) in [4.78, 5) is 93.1. The van der Waals surface area contributed by atoms with Gasteiger partial charge in [-0.2, -0.15) is 5.10 Å². The molecule has 21 heteroatoms. The third-order valence-electron chi connectivity index (χ3n) is 9.87. The van der Waals surface area contributed by atoms with Crippen LogP contribution in [0.5, 0.6) is 5.75 Å². The van der Waals surface area contributed by atoms with Crippen LogP contribution < -0.4 is 36.6 Å². The molecule has 7 rings (SSSR count). The molecule has 1 saturated carbocycles. The number of methoxy groups -OCH3 is 1. The predicted molar refractivity (Wildman–Crippen MR) is 212 cm³/mol. The lowest BCUT2D eigenvalue weighted by atomic mass is 10.0. The Morgan fingerprint density at radius 3 is 2.45 bits per heavy atom. The summed E-state index contributed by atoms with van der Waals surface area (Å²) >= 11 is 0. The molecule has 4 aromatic rings. The van der Waals surface area contributed by atoms with Gasteiger partial charge in [-0.15, -0.1) is 10.2 Å². The topological polar surface area (TPSA) is 270 Å². The Morgan fingerprint density at radius 1 is 0.917 bits per heavy atom. The molecule has 2 aromatic heterocycles. The Bertz CT molecular complexity index is 2360. The molecule has 1 aliphatic carbocycles. The van der Waals surface area contributed by atoms with Crippen LogP contribution in [0.4, 0.5) is 22.9 Å². The van der Waals surface area contributed by atoms with E-state index >= 15 is 0 Å². The van der Waals surface area contributed by atoms with Crippen LogP contribution in [0.25, 0.3) is 11.4 Å². The molecule has 2 fully saturated rings. The highest BCUT2D eigenvalue weighted by molar-refractivity contribution is 6.25. The second-order valence-corrected chi connectivity index (χ2v) is 14.0. The van der Waals surface area contributed by atoms with E-state index in [2.05, 4.69) is 52.2 Å². The molecular weight excluding hydrogens is 781 g/mol. The number of benzene rings is 2. The van der Waals surface area contributed by atoms with Gasteiger partial charge >= 0.3 is 0 Å². The SMILES string of the molecule is CNC(=O)c1nnc(NC(=O)C2CC2)cc1Nc1cccc(-c2ncn(CCNC(=O)CCOCCNc3cccc4c3C(=O)N(C3CCC(=O)NC3=O)C4=O)n2)c1OC. The van der Waals surface area contributed by atoms with Crippen molar-refractivity contribution < 1.29 is 43.0 Å². The molecule has 312 valence electrons. The van der Waals surface area contributed by atoms with Crippen LogP contribution in [0.2, 0.25) is 0 Å². The monoisotopic (exact) mass is 822 g/mol. The van der Waals surface area contributed by atoms with E-state index in [1.165, 1.54) is 32.6 Å². The lowest BCUT2D eigenvalue weighted by Gasteiger charge is -2.27. The number of piperidine rings is 1. The predicted octanol–water partition coefficient (Wildman–Crippen LogP) is 1.23. The standard InChI is InChI=1S/C39H42N12O9/c1-40-37(56)32-26(19-28(47-48-32)45-35(54)21-9-10-21)44-25-8-4-6-23(33(25)59-2)34-43-20-50(49-34)16-14-42-29(52)13-17-60-18-15-41-24-7-3-5-22-31(24)39(58)51(38(22)57)27-11-12-30(53)46-36(27)55/h3-8,19-21,27,41H,9-18H2,1-2H3,(H,40,56)(H,42,52)(H,46,53,55)(H2,44,45,47,54). The van der Waals surface area contributed by atoms with Gasteiger partial charge in [0.2, 0.25) is 23.6 Å². The molecule has 7 amide bonds. The average molecular weight is 823 g/mol. The summed E-state index contributed by atoms with van der Waals surface area (Å²) in [6.45, 7) is 1.19. The normalized spacial score (nSPS) is 15.9. The zero-order chi connectivity index (χ0) is 42.3. The van der Waals surface area contributed by atoms with Gasteiger partial charge in [0.25, 0.3) is 17.7 Å². The zero-order valence-corrected chi connectivity index (χ0v) is 32.7. The number of fused-ring (bicyclic) bond motifs is 1. The van der Waals surface area contributed by atoms with E-state index in [9.17, 15) is 33.6 Å². The first-order chi connectivity index (χ1) is 29.1. The van der Waals surface area contributed by atoms with Crippen LogP contribution in [-0.4, -0.2) is 118 Å². The van der Waals surface area contributed by atoms with E-state index in [0.29, 0.717) is 35.1 Å². The molecule has 21 nitrogen and oxygen atoms in total. The van der Waals surface area contributed by atoms with Crippen molar-refractivity contribution in [2.24, 2.45) is 5.92 Å². The van der Waals surface area contributed by atoms with Gasteiger partial charge in [-0.05, 0) is 43.5 Å². The molecule has 6 N–H and O–H groups in total. The highest BCUT2D eigenvalue weighted by Crippen LogP contribution is 2.38. The van der Waals surface area contributed by atoms with Crippen LogP contribution in [0, 0.1) is 5.92 Å². The maximum Gasteiger partial charge on any atom is 0.273 e. The highest BCUT2D eigenvalue weighted by Gasteiger charge is 2.45. The number of hydrogen-bond donors (Lipinski definition) is 6. The molecule has 2 aromatic carbocycles. The van der Waals surface area contributed by atoms with E-state index in [4.69, 9.17) is 9.47 Å². The Balaban J connectivity index is 0.867. The summed E-state index contributed by atoms with van der Waals surface area (Å²) in [6.07, 6.45) is 3.35. The van der Waals surface area contributed by atoms with Crippen molar-refractivity contribution in [3.05, 3.63) is 65.6 Å². The number of hydrogen-bond acceptors (Lipinski definition) is 15. The second kappa shape index (κ2) is 18.1. The number of anilines is 4. The van der Waals surface area contributed by atoms with Crippen molar-refractivity contribution >= 4 is 64.2 Å². The fourth-order valence-electron chi connectivity index (χ4n) is 6.70. The number of imide groups is 2. The van der Waals surface area contributed by atoms with Crippen molar-refractivity contribution in [3.63, 3.8) is 0 Å². The third-order valence-corrected chi connectivity index (χ3v) is 9.87. The minimum Gasteiger partial charge on any atom is -0.494 e. The highest BCUT2D eigenvalue weighted by atomic mass is 16.5. The third kappa shape index (κ3) is 9.04. The first kappa shape index (κ1) is 40.9. The molecule has 1 unspecified atom stereocenters. The van der Waals surface area contributed by atoms with Crippen molar-refractivity contribution in [1.82, 2.24) is 45.8 Å². The van der Waals surface area contributed by atoms with E-state index in [1.54, 1.807) is 35.0 Å². The maximum absolute atomic E-state index is 13.3. The van der Waals surface area contributed by atoms with Crippen molar-refractivity contribution in [2.45, 2.75) is 44.7 Å². The Kier molecular flexibility index (Phi) is 12.3.